The fraction of sp³-hybridized carbons (Fsp3) is 0.143. The van der Waals surface area contributed by atoms with Crippen molar-refractivity contribution in [2.75, 3.05) is 6.50 Å². The molecule has 0 amide bonds. The van der Waals surface area contributed by atoms with Gasteiger partial charge in [0.15, 0.2) is 0 Å². The third-order valence-electron chi connectivity index (χ3n) is 2.21. The highest BCUT2D eigenvalue weighted by Crippen LogP contribution is 2.28. The van der Waals surface area contributed by atoms with Crippen molar-refractivity contribution >= 4 is 35.0 Å². The van der Waals surface area contributed by atoms with Gasteiger partial charge in [-0.05, 0) is 77.4 Å². The van der Waals surface area contributed by atoms with Crippen LogP contribution < -0.4 is 10.5 Å². The van der Waals surface area contributed by atoms with Crippen molar-refractivity contribution in [3.63, 3.8) is 0 Å². The molecule has 2 rings (SSSR count). The Morgan fingerprint density at radius 2 is 1.89 bits per heavy atom. The molecule has 0 unspecified atom stereocenters. The molecular formula is C14H15ClINO2. The van der Waals surface area contributed by atoms with Crippen LogP contribution >= 0.6 is 35.0 Å². The summed E-state index contributed by atoms with van der Waals surface area (Å²) >= 11 is 1.98. The molecule has 0 heterocycles. The van der Waals surface area contributed by atoms with Crippen molar-refractivity contribution in [2.24, 2.45) is 5.73 Å². The second kappa shape index (κ2) is 7.57. The van der Waals surface area contributed by atoms with E-state index < -0.39 is 12.9 Å². The average Bonchev–Trinajstić information content (AvgIpc) is 2.42. The number of phenolic OH excluding ortho intramolecular Hbond substituents is 1. The zero-order valence-electron chi connectivity index (χ0n) is 13.8. The molecule has 0 aliphatic carbocycles. The van der Waals surface area contributed by atoms with E-state index in [9.17, 15) is 5.11 Å². The van der Waals surface area contributed by atoms with Crippen LogP contribution in [0.2, 0.25) is 0 Å². The number of nitrogens with two attached hydrogens (primary N) is 1. The van der Waals surface area contributed by atoms with Crippen LogP contribution in [0.5, 0.6) is 17.2 Å². The van der Waals surface area contributed by atoms with Crippen LogP contribution in [-0.2, 0) is 6.37 Å². The van der Waals surface area contributed by atoms with Gasteiger partial charge in [-0.25, -0.2) is 0 Å². The molecule has 0 spiro atoms. The topological polar surface area (TPSA) is 55.5 Å². The number of benzene rings is 2. The van der Waals surface area contributed by atoms with E-state index in [1.165, 1.54) is 24.3 Å². The maximum atomic E-state index is 9.23. The summed E-state index contributed by atoms with van der Waals surface area (Å²) in [6.07, 6.45) is -2.32. The Kier molecular flexibility index (Phi) is 4.29. The number of halogens is 2. The van der Waals surface area contributed by atoms with Crippen LogP contribution in [0.3, 0.4) is 0 Å². The van der Waals surface area contributed by atoms with Crippen LogP contribution in [0, 0.1) is 3.57 Å². The number of aryl methyl sites for hydroxylation is 1. The van der Waals surface area contributed by atoms with E-state index in [0.717, 1.165) is 0 Å². The van der Waals surface area contributed by atoms with E-state index in [2.05, 4.69) is 0 Å². The Morgan fingerprint density at radius 3 is 2.47 bits per heavy atom. The van der Waals surface area contributed by atoms with E-state index in [4.69, 9.17) is 16.0 Å². The van der Waals surface area contributed by atoms with Gasteiger partial charge in [-0.3, -0.25) is 0 Å². The van der Waals surface area contributed by atoms with Gasteiger partial charge in [-0.1, -0.05) is 6.07 Å². The van der Waals surface area contributed by atoms with Crippen molar-refractivity contribution in [3.8, 4) is 17.2 Å². The summed E-state index contributed by atoms with van der Waals surface area (Å²) in [6.45, 7) is -2.49. The molecule has 3 nitrogen and oxygen atoms in total. The highest BCUT2D eigenvalue weighted by Gasteiger charge is 2.04. The monoisotopic (exact) mass is 395 g/mol. The van der Waals surface area contributed by atoms with Crippen LogP contribution in [0.25, 0.3) is 0 Å². The van der Waals surface area contributed by atoms with E-state index in [1.807, 2.05) is 22.6 Å². The molecule has 0 atom stereocenters. The molecule has 102 valence electrons. The second-order valence-corrected chi connectivity index (χ2v) is 4.67. The molecule has 0 aliphatic rings. The lowest BCUT2D eigenvalue weighted by atomic mass is 10.1. The molecule has 0 aromatic heterocycles. The quantitative estimate of drug-likeness (QED) is 0.776. The van der Waals surface area contributed by atoms with Gasteiger partial charge in [0.25, 0.3) is 0 Å². The van der Waals surface area contributed by atoms with Crippen molar-refractivity contribution in [1.82, 2.24) is 0 Å². The fourth-order valence-corrected chi connectivity index (χ4v) is 2.01. The SMILES string of the molecule is Cl.[2H]C([2H])(N)C([2H])([2H])c1ccc(Oc2ccc(O)cc2)c(I)c1. The van der Waals surface area contributed by atoms with Crippen molar-refractivity contribution in [1.29, 1.82) is 0 Å². The minimum Gasteiger partial charge on any atom is -0.508 e. The van der Waals surface area contributed by atoms with Gasteiger partial charge in [0.2, 0.25) is 0 Å². The number of hydrogen-bond donors (Lipinski definition) is 2. The van der Waals surface area contributed by atoms with Gasteiger partial charge < -0.3 is 15.6 Å². The lowest BCUT2D eigenvalue weighted by Gasteiger charge is -2.09. The van der Waals surface area contributed by atoms with E-state index >= 15 is 0 Å². The minimum absolute atomic E-state index is 0. The predicted octanol–water partition coefficient (Wildman–Crippen LogP) is 3.71. The first-order chi connectivity index (χ1) is 10.1. The summed E-state index contributed by atoms with van der Waals surface area (Å²) in [5.74, 6) is 1.17. The molecule has 2 aromatic carbocycles. The maximum Gasteiger partial charge on any atom is 0.140 e. The number of aromatic hydroxyl groups is 1. The van der Waals surface area contributed by atoms with Crippen molar-refractivity contribution in [2.45, 2.75) is 6.37 Å². The number of hydrogen-bond acceptors (Lipinski definition) is 3. The standard InChI is InChI=1S/C14H14INO2.ClH/c15-13-9-10(7-8-16)1-6-14(13)18-12-4-2-11(17)3-5-12;/h1-6,9,17H,7-8,16H2;1H/i7D2,8D2;. The largest absolute Gasteiger partial charge is 0.508 e. The summed E-state index contributed by atoms with van der Waals surface area (Å²) in [5.41, 5.74) is 5.41. The Hall–Kier alpha value is -0.980. The first-order valence-electron chi connectivity index (χ1n) is 7.17. The van der Waals surface area contributed by atoms with Crippen LogP contribution in [0.1, 0.15) is 11.0 Å². The van der Waals surface area contributed by atoms with Crippen LogP contribution in [0.4, 0.5) is 0 Å². The molecule has 5 heteroatoms. The van der Waals surface area contributed by atoms with Crippen LogP contribution in [0.15, 0.2) is 42.5 Å². The number of ether oxygens (including phenoxy) is 1. The smallest absolute Gasteiger partial charge is 0.140 e. The highest BCUT2D eigenvalue weighted by atomic mass is 127. The average molecular weight is 396 g/mol. The molecule has 3 N–H and O–H groups in total. The summed E-state index contributed by atoms with van der Waals surface area (Å²) in [5, 5.41) is 9.23. The Morgan fingerprint density at radius 1 is 1.21 bits per heavy atom. The van der Waals surface area contributed by atoms with Gasteiger partial charge in [-0.2, -0.15) is 0 Å². The van der Waals surface area contributed by atoms with Gasteiger partial charge in [0.1, 0.15) is 17.2 Å². The Labute approximate surface area is 138 Å². The Balaban J connectivity index is 0.00000264. The lowest BCUT2D eigenvalue weighted by Crippen LogP contribution is -2.02. The molecule has 2 aromatic rings. The molecule has 0 aliphatic heterocycles. The summed E-state index contributed by atoms with van der Waals surface area (Å²) < 4.78 is 36.7. The van der Waals surface area contributed by atoms with Crippen molar-refractivity contribution in [3.05, 3.63) is 51.6 Å². The summed E-state index contributed by atoms with van der Waals surface area (Å²) in [7, 11) is 0. The number of phenols is 1. The third kappa shape index (κ3) is 4.56. The summed E-state index contributed by atoms with van der Waals surface area (Å²) in [4.78, 5) is 0. The van der Waals surface area contributed by atoms with E-state index in [0.29, 0.717) is 15.1 Å². The minimum atomic E-state index is -2.49. The Bertz CT molecular complexity index is 677. The second-order valence-electron chi connectivity index (χ2n) is 3.51. The van der Waals surface area contributed by atoms with Gasteiger partial charge in [0, 0.05) is 5.48 Å². The zero-order valence-corrected chi connectivity index (χ0v) is 12.7. The molecule has 19 heavy (non-hydrogen) atoms. The van der Waals surface area contributed by atoms with Crippen molar-refractivity contribution < 1.29 is 15.3 Å². The first-order valence-corrected chi connectivity index (χ1v) is 6.25. The highest BCUT2D eigenvalue weighted by molar-refractivity contribution is 14.1. The van der Waals surface area contributed by atoms with Gasteiger partial charge >= 0.3 is 0 Å². The molecular weight excluding hydrogens is 377 g/mol. The zero-order chi connectivity index (χ0) is 16.5. The maximum absolute atomic E-state index is 9.23. The molecule has 0 saturated carbocycles. The molecule has 0 fully saturated rings. The first kappa shape index (κ1) is 10.8. The fourth-order valence-electron chi connectivity index (χ4n) is 1.39. The third-order valence-corrected chi connectivity index (χ3v) is 3.06. The predicted molar refractivity (Wildman–Crippen MR) is 87.3 cm³/mol. The molecule has 0 radical (unpaired) electrons. The van der Waals surface area contributed by atoms with Gasteiger partial charge in [-0.15, -0.1) is 12.4 Å². The van der Waals surface area contributed by atoms with Gasteiger partial charge in [0.05, 0.1) is 3.57 Å². The summed E-state index contributed by atoms with van der Waals surface area (Å²) in [6, 6.07) is 10.7. The van der Waals surface area contributed by atoms with E-state index in [-0.39, 0.29) is 23.7 Å². The lowest BCUT2D eigenvalue weighted by molar-refractivity contribution is 0.463. The van der Waals surface area contributed by atoms with E-state index in [1.54, 1.807) is 18.2 Å². The molecule has 0 saturated heterocycles. The number of rotatable bonds is 4. The van der Waals surface area contributed by atoms with Crippen LogP contribution in [-0.4, -0.2) is 11.6 Å². The molecule has 0 bridgehead atoms. The normalized spacial score (nSPS) is 14.4.